The third-order valence-electron chi connectivity index (χ3n) is 2.69. The molecule has 80 valence electrons. The molecular formula is C12H23NSi. The van der Waals surface area contributed by atoms with Crippen LogP contribution in [0.25, 0.3) is 0 Å². The first kappa shape index (κ1) is 11.8. The molecule has 1 fully saturated rings. The predicted molar refractivity (Wildman–Crippen MR) is 66.0 cm³/mol. The van der Waals surface area contributed by atoms with E-state index in [0.29, 0.717) is 0 Å². The van der Waals surface area contributed by atoms with Crippen molar-refractivity contribution < 1.29 is 0 Å². The first-order chi connectivity index (χ1) is 6.49. The van der Waals surface area contributed by atoms with Crippen molar-refractivity contribution in [2.24, 2.45) is 0 Å². The van der Waals surface area contributed by atoms with Crippen molar-refractivity contribution >= 4 is 8.07 Å². The Morgan fingerprint density at radius 2 is 2.00 bits per heavy atom. The van der Waals surface area contributed by atoms with Crippen molar-refractivity contribution in [3.8, 4) is 11.5 Å². The molecule has 1 nitrogen and oxygen atoms in total. The molecule has 0 N–H and O–H groups in total. The zero-order valence-corrected chi connectivity index (χ0v) is 11.1. The Morgan fingerprint density at radius 3 is 2.57 bits per heavy atom. The van der Waals surface area contributed by atoms with Gasteiger partial charge in [0.05, 0.1) is 6.54 Å². The second-order valence-electron chi connectivity index (χ2n) is 5.37. The number of piperidine rings is 1. The van der Waals surface area contributed by atoms with Crippen molar-refractivity contribution in [2.45, 2.75) is 51.9 Å². The minimum atomic E-state index is -1.15. The standard InChI is InChI=1S/C12H23NSi/c1-12-8-5-6-9-13(12)10-7-11-14(2,3)4/h12H,5-6,8-10H2,1-4H3. The quantitative estimate of drug-likeness (QED) is 0.474. The Labute approximate surface area is 89.9 Å². The van der Waals surface area contributed by atoms with E-state index in [2.05, 4.69) is 42.9 Å². The predicted octanol–water partition coefficient (Wildman–Crippen LogP) is 2.74. The van der Waals surface area contributed by atoms with Gasteiger partial charge in [-0.15, -0.1) is 5.54 Å². The van der Waals surface area contributed by atoms with Crippen LogP contribution in [-0.4, -0.2) is 32.1 Å². The van der Waals surface area contributed by atoms with Crippen LogP contribution < -0.4 is 0 Å². The van der Waals surface area contributed by atoms with E-state index in [4.69, 9.17) is 0 Å². The lowest BCUT2D eigenvalue weighted by molar-refractivity contribution is 0.182. The zero-order valence-electron chi connectivity index (χ0n) is 10.1. The van der Waals surface area contributed by atoms with Crippen LogP contribution in [0.1, 0.15) is 26.2 Å². The number of nitrogens with zero attached hydrogens (tertiary/aromatic N) is 1. The summed E-state index contributed by atoms with van der Waals surface area (Å²) in [7, 11) is -1.15. The Kier molecular flexibility index (Phi) is 4.22. The molecule has 1 saturated heterocycles. The van der Waals surface area contributed by atoms with Crippen LogP contribution >= 0.6 is 0 Å². The van der Waals surface area contributed by atoms with Gasteiger partial charge in [0.15, 0.2) is 0 Å². The molecule has 0 aliphatic carbocycles. The summed E-state index contributed by atoms with van der Waals surface area (Å²) in [5.74, 6) is 3.36. The molecule has 0 saturated carbocycles. The fourth-order valence-corrected chi connectivity index (χ4v) is 2.41. The van der Waals surface area contributed by atoms with E-state index in [1.807, 2.05) is 0 Å². The van der Waals surface area contributed by atoms with Crippen LogP contribution in [0.15, 0.2) is 0 Å². The van der Waals surface area contributed by atoms with Crippen LogP contribution in [0.2, 0.25) is 19.6 Å². The molecule has 0 radical (unpaired) electrons. The molecule has 1 atom stereocenters. The number of hydrogen-bond donors (Lipinski definition) is 0. The fraction of sp³-hybridized carbons (Fsp3) is 0.833. The summed E-state index contributed by atoms with van der Waals surface area (Å²) in [4.78, 5) is 2.52. The van der Waals surface area contributed by atoms with E-state index in [0.717, 1.165) is 12.6 Å². The van der Waals surface area contributed by atoms with E-state index in [1.54, 1.807) is 0 Å². The van der Waals surface area contributed by atoms with Crippen molar-refractivity contribution in [1.29, 1.82) is 0 Å². The largest absolute Gasteiger partial charge is 0.290 e. The molecule has 0 bridgehead atoms. The highest BCUT2D eigenvalue weighted by molar-refractivity contribution is 6.83. The van der Waals surface area contributed by atoms with Crippen LogP contribution in [0, 0.1) is 11.5 Å². The van der Waals surface area contributed by atoms with Crippen molar-refractivity contribution in [1.82, 2.24) is 4.90 Å². The smallest absolute Gasteiger partial charge is 0.129 e. The van der Waals surface area contributed by atoms with Gasteiger partial charge in [0.1, 0.15) is 8.07 Å². The molecule has 0 aromatic carbocycles. The molecule has 1 rings (SSSR count). The van der Waals surface area contributed by atoms with E-state index < -0.39 is 8.07 Å². The first-order valence-corrected chi connectivity index (χ1v) is 9.23. The van der Waals surface area contributed by atoms with Gasteiger partial charge < -0.3 is 0 Å². The van der Waals surface area contributed by atoms with E-state index in [9.17, 15) is 0 Å². The summed E-state index contributed by atoms with van der Waals surface area (Å²) in [6.45, 7) is 11.5. The highest BCUT2D eigenvalue weighted by Crippen LogP contribution is 2.15. The van der Waals surface area contributed by atoms with Gasteiger partial charge in [-0.2, -0.15) is 0 Å². The third-order valence-corrected chi connectivity index (χ3v) is 3.61. The van der Waals surface area contributed by atoms with Gasteiger partial charge in [0.25, 0.3) is 0 Å². The minimum Gasteiger partial charge on any atom is -0.290 e. The second-order valence-corrected chi connectivity index (χ2v) is 10.1. The van der Waals surface area contributed by atoms with Gasteiger partial charge in [-0.05, 0) is 26.3 Å². The Morgan fingerprint density at radius 1 is 1.29 bits per heavy atom. The summed E-state index contributed by atoms with van der Waals surface area (Å²) >= 11 is 0. The molecular weight excluding hydrogens is 186 g/mol. The average molecular weight is 209 g/mol. The maximum atomic E-state index is 3.44. The van der Waals surface area contributed by atoms with E-state index in [1.165, 1.54) is 25.8 Å². The molecule has 1 unspecified atom stereocenters. The van der Waals surface area contributed by atoms with E-state index in [-0.39, 0.29) is 0 Å². The highest BCUT2D eigenvalue weighted by Gasteiger charge is 2.16. The van der Waals surface area contributed by atoms with Gasteiger partial charge >= 0.3 is 0 Å². The normalized spacial score (nSPS) is 24.1. The maximum absolute atomic E-state index is 3.44. The van der Waals surface area contributed by atoms with E-state index >= 15 is 0 Å². The lowest BCUT2D eigenvalue weighted by Gasteiger charge is -2.31. The number of hydrogen-bond acceptors (Lipinski definition) is 1. The monoisotopic (exact) mass is 209 g/mol. The molecule has 1 heterocycles. The van der Waals surface area contributed by atoms with Crippen LogP contribution in [0.3, 0.4) is 0 Å². The lowest BCUT2D eigenvalue weighted by Crippen LogP contribution is -2.37. The van der Waals surface area contributed by atoms with Crippen molar-refractivity contribution in [3.63, 3.8) is 0 Å². The third kappa shape index (κ3) is 4.30. The van der Waals surface area contributed by atoms with Crippen LogP contribution in [0.4, 0.5) is 0 Å². The molecule has 2 heteroatoms. The fourth-order valence-electron chi connectivity index (χ4n) is 1.80. The molecule has 0 aromatic heterocycles. The summed E-state index contributed by atoms with van der Waals surface area (Å²) in [6, 6.07) is 0.750. The number of rotatable bonds is 1. The summed E-state index contributed by atoms with van der Waals surface area (Å²) in [6.07, 6.45) is 4.12. The molecule has 0 amide bonds. The molecule has 1 aliphatic rings. The van der Waals surface area contributed by atoms with Crippen LogP contribution in [-0.2, 0) is 0 Å². The van der Waals surface area contributed by atoms with Gasteiger partial charge in [0, 0.05) is 6.04 Å². The Bertz CT molecular complexity index is 231. The molecule has 0 spiro atoms. The van der Waals surface area contributed by atoms with Gasteiger partial charge in [-0.1, -0.05) is 32.0 Å². The molecule has 14 heavy (non-hydrogen) atoms. The number of likely N-dealkylation sites (tertiary alicyclic amines) is 1. The first-order valence-electron chi connectivity index (χ1n) is 5.73. The summed E-state index contributed by atoms with van der Waals surface area (Å²) in [5, 5.41) is 0. The maximum Gasteiger partial charge on any atom is 0.129 e. The Hall–Kier alpha value is -0.263. The van der Waals surface area contributed by atoms with Crippen molar-refractivity contribution in [3.05, 3.63) is 0 Å². The average Bonchev–Trinajstić information content (AvgIpc) is 2.06. The minimum absolute atomic E-state index is 0.750. The van der Waals surface area contributed by atoms with Gasteiger partial charge in [-0.25, -0.2) is 0 Å². The summed E-state index contributed by atoms with van der Waals surface area (Å²) in [5.41, 5.74) is 3.44. The Balaban J connectivity index is 2.39. The van der Waals surface area contributed by atoms with Gasteiger partial charge in [0.2, 0.25) is 0 Å². The van der Waals surface area contributed by atoms with Crippen LogP contribution in [0.5, 0.6) is 0 Å². The van der Waals surface area contributed by atoms with Gasteiger partial charge in [-0.3, -0.25) is 4.90 Å². The topological polar surface area (TPSA) is 3.24 Å². The summed E-state index contributed by atoms with van der Waals surface area (Å²) < 4.78 is 0. The highest BCUT2D eigenvalue weighted by atomic mass is 28.3. The van der Waals surface area contributed by atoms with Crippen molar-refractivity contribution in [2.75, 3.05) is 13.1 Å². The lowest BCUT2D eigenvalue weighted by atomic mass is 10.0. The SMILES string of the molecule is CC1CCCCN1CC#C[Si](C)(C)C. The molecule has 1 aliphatic heterocycles. The second kappa shape index (κ2) is 5.00. The zero-order chi connectivity index (χ0) is 10.6. The molecule has 0 aromatic rings.